The Balaban J connectivity index is 2.73. The first kappa shape index (κ1) is 12.6. The molecule has 0 fully saturated rings. The van der Waals surface area contributed by atoms with E-state index in [9.17, 15) is 4.79 Å². The van der Waals surface area contributed by atoms with Gasteiger partial charge in [-0.25, -0.2) is 4.79 Å². The van der Waals surface area contributed by atoms with Crippen LogP contribution in [-0.2, 0) is 10.2 Å². The van der Waals surface area contributed by atoms with Crippen molar-refractivity contribution in [2.75, 3.05) is 13.7 Å². The van der Waals surface area contributed by atoms with Crippen LogP contribution in [0.25, 0.3) is 0 Å². The van der Waals surface area contributed by atoms with Gasteiger partial charge in [-0.2, -0.15) is 0 Å². The van der Waals surface area contributed by atoms with Gasteiger partial charge in [0.15, 0.2) is 0 Å². The molecule has 0 bridgehead atoms. The summed E-state index contributed by atoms with van der Waals surface area (Å²) < 4.78 is 4.56. The molecule has 3 heteroatoms. The third kappa shape index (κ3) is 3.26. The monoisotopic (exact) mass is 221 g/mol. The van der Waals surface area contributed by atoms with Crippen LogP contribution >= 0.6 is 0 Å². The van der Waals surface area contributed by atoms with Crippen molar-refractivity contribution in [3.8, 4) is 0 Å². The molecule has 1 N–H and O–H groups in total. The van der Waals surface area contributed by atoms with E-state index < -0.39 is 0 Å². The van der Waals surface area contributed by atoms with E-state index in [1.54, 1.807) is 0 Å². The Morgan fingerprint density at radius 2 is 2.12 bits per heavy atom. The molecule has 0 aliphatic carbocycles. The van der Waals surface area contributed by atoms with Gasteiger partial charge in [-0.15, -0.1) is 0 Å². The van der Waals surface area contributed by atoms with Crippen LogP contribution in [0.1, 0.15) is 25.0 Å². The predicted molar refractivity (Wildman–Crippen MR) is 64.6 cm³/mol. The van der Waals surface area contributed by atoms with Crippen molar-refractivity contribution in [3.05, 3.63) is 35.4 Å². The minimum Gasteiger partial charge on any atom is -0.453 e. The Bertz CT molecular complexity index is 372. The molecule has 0 saturated heterocycles. The van der Waals surface area contributed by atoms with Crippen LogP contribution in [0.15, 0.2) is 24.3 Å². The number of carbonyl (C=O) groups is 1. The second-order valence-electron chi connectivity index (χ2n) is 4.60. The zero-order valence-electron chi connectivity index (χ0n) is 10.3. The Morgan fingerprint density at radius 1 is 1.44 bits per heavy atom. The minimum absolute atomic E-state index is 0.0970. The first-order valence-corrected chi connectivity index (χ1v) is 5.34. The summed E-state index contributed by atoms with van der Waals surface area (Å²) in [6, 6.07) is 8.31. The van der Waals surface area contributed by atoms with Crippen molar-refractivity contribution in [2.24, 2.45) is 0 Å². The molecule has 0 unspecified atom stereocenters. The second-order valence-corrected chi connectivity index (χ2v) is 4.60. The number of aryl methyl sites for hydroxylation is 1. The second kappa shape index (κ2) is 5.01. The molecule has 0 radical (unpaired) electrons. The number of rotatable bonds is 3. The van der Waals surface area contributed by atoms with E-state index in [2.05, 4.69) is 49.0 Å². The number of alkyl carbamates (subject to hydrolysis) is 1. The number of hydrogen-bond acceptors (Lipinski definition) is 2. The van der Waals surface area contributed by atoms with Gasteiger partial charge in [-0.3, -0.25) is 0 Å². The Kier molecular flexibility index (Phi) is 3.93. The van der Waals surface area contributed by atoms with E-state index in [1.807, 2.05) is 6.07 Å². The third-order valence-corrected chi connectivity index (χ3v) is 2.66. The highest BCUT2D eigenvalue weighted by atomic mass is 16.5. The topological polar surface area (TPSA) is 38.3 Å². The van der Waals surface area contributed by atoms with Crippen molar-refractivity contribution in [2.45, 2.75) is 26.2 Å². The molecular formula is C13H19NO2. The number of hydrogen-bond donors (Lipinski definition) is 1. The highest BCUT2D eigenvalue weighted by Gasteiger charge is 2.21. The van der Waals surface area contributed by atoms with Crippen LogP contribution in [-0.4, -0.2) is 19.7 Å². The minimum atomic E-state index is -0.388. The quantitative estimate of drug-likeness (QED) is 0.852. The van der Waals surface area contributed by atoms with Crippen molar-refractivity contribution < 1.29 is 9.53 Å². The zero-order valence-corrected chi connectivity index (χ0v) is 10.3. The maximum atomic E-state index is 11.0. The molecule has 16 heavy (non-hydrogen) atoms. The molecule has 1 aromatic rings. The van der Waals surface area contributed by atoms with Crippen LogP contribution in [0.5, 0.6) is 0 Å². The fourth-order valence-electron chi connectivity index (χ4n) is 1.53. The van der Waals surface area contributed by atoms with Gasteiger partial charge < -0.3 is 10.1 Å². The van der Waals surface area contributed by atoms with Gasteiger partial charge in [0.25, 0.3) is 0 Å². The average molecular weight is 221 g/mol. The van der Waals surface area contributed by atoms with Crippen LogP contribution in [0.3, 0.4) is 0 Å². The summed E-state index contributed by atoms with van der Waals surface area (Å²) in [7, 11) is 1.37. The van der Waals surface area contributed by atoms with Gasteiger partial charge in [0.05, 0.1) is 7.11 Å². The lowest BCUT2D eigenvalue weighted by Crippen LogP contribution is -2.36. The van der Waals surface area contributed by atoms with Crippen LogP contribution in [0, 0.1) is 6.92 Å². The smallest absolute Gasteiger partial charge is 0.406 e. The number of methoxy groups -OCH3 is 1. The van der Waals surface area contributed by atoms with Crippen molar-refractivity contribution in [3.63, 3.8) is 0 Å². The van der Waals surface area contributed by atoms with Gasteiger partial charge in [0, 0.05) is 12.0 Å². The van der Waals surface area contributed by atoms with Gasteiger partial charge in [0.1, 0.15) is 0 Å². The van der Waals surface area contributed by atoms with Crippen molar-refractivity contribution in [1.82, 2.24) is 5.32 Å². The number of amides is 1. The molecular weight excluding hydrogens is 202 g/mol. The van der Waals surface area contributed by atoms with E-state index in [1.165, 1.54) is 18.2 Å². The molecule has 0 heterocycles. The maximum Gasteiger partial charge on any atom is 0.406 e. The first-order valence-electron chi connectivity index (χ1n) is 5.34. The Hall–Kier alpha value is -1.51. The van der Waals surface area contributed by atoms with Crippen LogP contribution < -0.4 is 5.32 Å². The summed E-state index contributed by atoms with van der Waals surface area (Å²) in [4.78, 5) is 11.0. The molecule has 0 atom stereocenters. The molecule has 1 rings (SSSR count). The summed E-state index contributed by atoms with van der Waals surface area (Å²) in [5.74, 6) is 0. The van der Waals surface area contributed by atoms with E-state index in [4.69, 9.17) is 0 Å². The molecule has 1 aromatic carbocycles. The number of benzene rings is 1. The molecule has 0 aromatic heterocycles. The summed E-state index contributed by atoms with van der Waals surface area (Å²) in [5.41, 5.74) is 2.34. The SMILES string of the molecule is COC(=O)NCC(C)(C)c1cccc(C)c1. The highest BCUT2D eigenvalue weighted by Crippen LogP contribution is 2.22. The molecule has 88 valence electrons. The Morgan fingerprint density at radius 3 is 2.69 bits per heavy atom. The summed E-state index contributed by atoms with van der Waals surface area (Å²) >= 11 is 0. The van der Waals surface area contributed by atoms with E-state index in [0.29, 0.717) is 6.54 Å². The van der Waals surface area contributed by atoms with Crippen LogP contribution in [0.4, 0.5) is 4.79 Å². The van der Waals surface area contributed by atoms with Gasteiger partial charge >= 0.3 is 6.09 Å². The number of carbonyl (C=O) groups excluding carboxylic acids is 1. The lowest BCUT2D eigenvalue weighted by Gasteiger charge is -2.25. The van der Waals surface area contributed by atoms with E-state index in [0.717, 1.165) is 0 Å². The lowest BCUT2D eigenvalue weighted by molar-refractivity contribution is 0.168. The third-order valence-electron chi connectivity index (χ3n) is 2.66. The molecule has 3 nitrogen and oxygen atoms in total. The Labute approximate surface area is 96.8 Å². The zero-order chi connectivity index (χ0) is 12.2. The maximum absolute atomic E-state index is 11.0. The standard InChI is InChI=1S/C13H19NO2/c1-10-6-5-7-11(8-10)13(2,3)9-14-12(15)16-4/h5-8H,9H2,1-4H3,(H,14,15). The normalized spacial score (nSPS) is 11.0. The molecule has 0 spiro atoms. The van der Waals surface area contributed by atoms with E-state index in [-0.39, 0.29) is 11.5 Å². The number of nitrogens with one attached hydrogen (secondary N) is 1. The van der Waals surface area contributed by atoms with Gasteiger partial charge in [-0.05, 0) is 12.5 Å². The lowest BCUT2D eigenvalue weighted by atomic mass is 9.84. The predicted octanol–water partition coefficient (Wildman–Crippen LogP) is 2.63. The van der Waals surface area contributed by atoms with Gasteiger partial charge in [-0.1, -0.05) is 43.7 Å². The molecule has 0 saturated carbocycles. The molecule has 0 aliphatic heterocycles. The van der Waals surface area contributed by atoms with Crippen molar-refractivity contribution >= 4 is 6.09 Å². The first-order chi connectivity index (χ1) is 7.45. The van der Waals surface area contributed by atoms with Crippen molar-refractivity contribution in [1.29, 1.82) is 0 Å². The highest BCUT2D eigenvalue weighted by molar-refractivity contribution is 5.67. The summed E-state index contributed by atoms with van der Waals surface area (Å²) in [6.45, 7) is 6.81. The fourth-order valence-corrected chi connectivity index (χ4v) is 1.53. The van der Waals surface area contributed by atoms with Crippen LogP contribution in [0.2, 0.25) is 0 Å². The fraction of sp³-hybridized carbons (Fsp3) is 0.462. The number of ether oxygens (including phenoxy) is 1. The summed E-state index contributed by atoms with van der Waals surface area (Å²) in [5, 5.41) is 2.73. The van der Waals surface area contributed by atoms with E-state index >= 15 is 0 Å². The molecule has 1 amide bonds. The average Bonchev–Trinajstić information content (AvgIpc) is 2.26. The summed E-state index contributed by atoms with van der Waals surface area (Å²) in [6.07, 6.45) is -0.388. The van der Waals surface area contributed by atoms with Gasteiger partial charge in [0.2, 0.25) is 0 Å². The largest absolute Gasteiger partial charge is 0.453 e. The molecule has 0 aliphatic rings.